The van der Waals surface area contributed by atoms with Crippen molar-refractivity contribution >= 4 is 17.4 Å². The molecular weight excluding hydrogens is 190 g/mol. The number of hydrogen-bond acceptors (Lipinski definition) is 2. The summed E-state index contributed by atoms with van der Waals surface area (Å²) in [6.45, 7) is 4.45. The van der Waals surface area contributed by atoms with Crippen LogP contribution >= 0.6 is 11.8 Å². The summed E-state index contributed by atoms with van der Waals surface area (Å²) >= 11 is 1.78. The summed E-state index contributed by atoms with van der Waals surface area (Å²) < 4.78 is 0. The standard InChI is InChI=1S/C12H19NS/c1-4-5-10(2)13-11-6-8-12(14-3)9-7-11/h6-10,13H,4-5H2,1-3H3/t10-/m1/s1. The van der Waals surface area contributed by atoms with Crippen LogP contribution in [-0.4, -0.2) is 12.3 Å². The Morgan fingerprint density at radius 3 is 2.43 bits per heavy atom. The van der Waals surface area contributed by atoms with Crippen molar-refractivity contribution in [1.29, 1.82) is 0 Å². The van der Waals surface area contributed by atoms with Gasteiger partial charge in [0.25, 0.3) is 0 Å². The zero-order chi connectivity index (χ0) is 10.4. The van der Waals surface area contributed by atoms with Gasteiger partial charge in [0, 0.05) is 16.6 Å². The third kappa shape index (κ3) is 3.62. The molecule has 0 bridgehead atoms. The molecular formula is C12H19NS. The Hall–Kier alpha value is -0.630. The van der Waals surface area contributed by atoms with Gasteiger partial charge >= 0.3 is 0 Å². The molecule has 78 valence electrons. The highest BCUT2D eigenvalue weighted by Crippen LogP contribution is 2.18. The van der Waals surface area contributed by atoms with Crippen LogP contribution in [-0.2, 0) is 0 Å². The molecule has 0 saturated heterocycles. The Morgan fingerprint density at radius 1 is 1.29 bits per heavy atom. The molecule has 0 heterocycles. The van der Waals surface area contributed by atoms with E-state index in [9.17, 15) is 0 Å². The molecule has 0 unspecified atom stereocenters. The fourth-order valence-electron chi connectivity index (χ4n) is 1.48. The molecule has 2 heteroatoms. The highest BCUT2D eigenvalue weighted by atomic mass is 32.2. The van der Waals surface area contributed by atoms with E-state index in [1.165, 1.54) is 23.4 Å². The summed E-state index contributed by atoms with van der Waals surface area (Å²) in [6.07, 6.45) is 4.56. The van der Waals surface area contributed by atoms with E-state index in [4.69, 9.17) is 0 Å². The minimum Gasteiger partial charge on any atom is -0.383 e. The number of benzene rings is 1. The number of hydrogen-bond donors (Lipinski definition) is 1. The normalized spacial score (nSPS) is 12.5. The molecule has 0 aromatic heterocycles. The Kier molecular flexibility index (Phi) is 4.88. The zero-order valence-electron chi connectivity index (χ0n) is 9.21. The Balaban J connectivity index is 2.50. The van der Waals surface area contributed by atoms with E-state index in [1.807, 2.05) is 0 Å². The van der Waals surface area contributed by atoms with Gasteiger partial charge < -0.3 is 5.32 Å². The molecule has 0 amide bonds. The van der Waals surface area contributed by atoms with Gasteiger partial charge in [0.05, 0.1) is 0 Å². The molecule has 0 aliphatic carbocycles. The first-order chi connectivity index (χ1) is 6.76. The molecule has 1 nitrogen and oxygen atoms in total. The number of thioether (sulfide) groups is 1. The molecule has 0 spiro atoms. The maximum absolute atomic E-state index is 3.48. The molecule has 0 saturated carbocycles. The largest absolute Gasteiger partial charge is 0.383 e. The van der Waals surface area contributed by atoms with Crippen LogP contribution in [0.1, 0.15) is 26.7 Å². The minimum absolute atomic E-state index is 0.570. The van der Waals surface area contributed by atoms with Crippen molar-refractivity contribution < 1.29 is 0 Å². The topological polar surface area (TPSA) is 12.0 Å². The molecule has 1 aromatic carbocycles. The minimum atomic E-state index is 0.570. The molecule has 1 rings (SSSR count). The average molecular weight is 209 g/mol. The van der Waals surface area contributed by atoms with E-state index in [-0.39, 0.29) is 0 Å². The summed E-state index contributed by atoms with van der Waals surface area (Å²) in [6, 6.07) is 9.19. The predicted molar refractivity (Wildman–Crippen MR) is 66.2 cm³/mol. The van der Waals surface area contributed by atoms with Gasteiger partial charge in [0.1, 0.15) is 0 Å². The van der Waals surface area contributed by atoms with Gasteiger partial charge in [-0.05, 0) is 43.9 Å². The van der Waals surface area contributed by atoms with Gasteiger partial charge in [0.15, 0.2) is 0 Å². The van der Waals surface area contributed by atoms with Crippen molar-refractivity contribution in [2.75, 3.05) is 11.6 Å². The molecule has 0 radical (unpaired) electrons. The van der Waals surface area contributed by atoms with Crippen molar-refractivity contribution in [2.24, 2.45) is 0 Å². The van der Waals surface area contributed by atoms with E-state index in [1.54, 1.807) is 11.8 Å². The van der Waals surface area contributed by atoms with Crippen molar-refractivity contribution in [1.82, 2.24) is 0 Å². The van der Waals surface area contributed by atoms with E-state index < -0.39 is 0 Å². The summed E-state index contributed by atoms with van der Waals surface area (Å²) in [5.41, 5.74) is 1.23. The first kappa shape index (κ1) is 11.4. The lowest BCUT2D eigenvalue weighted by Crippen LogP contribution is -2.14. The lowest BCUT2D eigenvalue weighted by molar-refractivity contribution is 0.690. The summed E-state index contributed by atoms with van der Waals surface area (Å²) in [7, 11) is 0. The highest BCUT2D eigenvalue weighted by Gasteiger charge is 1.99. The smallest absolute Gasteiger partial charge is 0.0342 e. The Labute approximate surface area is 91.3 Å². The average Bonchev–Trinajstić information content (AvgIpc) is 2.19. The number of nitrogens with one attached hydrogen (secondary N) is 1. The van der Waals surface area contributed by atoms with Gasteiger partial charge in [-0.2, -0.15) is 0 Å². The molecule has 1 atom stereocenters. The van der Waals surface area contributed by atoms with Gasteiger partial charge in [-0.15, -0.1) is 11.8 Å². The third-order valence-electron chi connectivity index (χ3n) is 2.22. The van der Waals surface area contributed by atoms with Crippen LogP contribution in [0.4, 0.5) is 5.69 Å². The molecule has 0 aliphatic heterocycles. The van der Waals surface area contributed by atoms with Gasteiger partial charge in [-0.25, -0.2) is 0 Å². The second-order valence-electron chi connectivity index (χ2n) is 3.56. The second-order valence-corrected chi connectivity index (χ2v) is 4.44. The van der Waals surface area contributed by atoms with Crippen molar-refractivity contribution in [3.05, 3.63) is 24.3 Å². The van der Waals surface area contributed by atoms with Crippen LogP contribution in [0.5, 0.6) is 0 Å². The summed E-state index contributed by atoms with van der Waals surface area (Å²) in [5.74, 6) is 0. The van der Waals surface area contributed by atoms with Crippen LogP contribution < -0.4 is 5.32 Å². The zero-order valence-corrected chi connectivity index (χ0v) is 10.0. The van der Waals surface area contributed by atoms with Crippen LogP contribution in [0, 0.1) is 0 Å². The van der Waals surface area contributed by atoms with Gasteiger partial charge in [0.2, 0.25) is 0 Å². The predicted octanol–water partition coefficient (Wildman–Crippen LogP) is 4.01. The molecule has 14 heavy (non-hydrogen) atoms. The Morgan fingerprint density at radius 2 is 1.93 bits per heavy atom. The molecule has 1 aromatic rings. The van der Waals surface area contributed by atoms with Crippen molar-refractivity contribution in [3.63, 3.8) is 0 Å². The maximum atomic E-state index is 3.48. The van der Waals surface area contributed by atoms with Crippen LogP contribution in [0.3, 0.4) is 0 Å². The lowest BCUT2D eigenvalue weighted by atomic mass is 10.2. The fraction of sp³-hybridized carbons (Fsp3) is 0.500. The first-order valence-electron chi connectivity index (χ1n) is 5.17. The van der Waals surface area contributed by atoms with Gasteiger partial charge in [-0.1, -0.05) is 13.3 Å². The monoisotopic (exact) mass is 209 g/mol. The Bertz CT molecular complexity index is 256. The third-order valence-corrected chi connectivity index (χ3v) is 2.97. The molecule has 0 aliphatic rings. The van der Waals surface area contributed by atoms with E-state index in [0.717, 1.165) is 0 Å². The number of anilines is 1. The molecule has 0 fully saturated rings. The molecule has 1 N–H and O–H groups in total. The highest BCUT2D eigenvalue weighted by molar-refractivity contribution is 7.98. The maximum Gasteiger partial charge on any atom is 0.0342 e. The van der Waals surface area contributed by atoms with Crippen molar-refractivity contribution in [3.8, 4) is 0 Å². The van der Waals surface area contributed by atoms with Crippen LogP contribution in [0.15, 0.2) is 29.2 Å². The van der Waals surface area contributed by atoms with E-state index >= 15 is 0 Å². The SMILES string of the molecule is CCC[C@@H](C)Nc1ccc(SC)cc1. The summed E-state index contributed by atoms with van der Waals surface area (Å²) in [5, 5.41) is 3.48. The van der Waals surface area contributed by atoms with E-state index in [2.05, 4.69) is 49.7 Å². The lowest BCUT2D eigenvalue weighted by Gasteiger charge is -2.14. The second kappa shape index (κ2) is 5.97. The number of rotatable bonds is 5. The van der Waals surface area contributed by atoms with E-state index in [0.29, 0.717) is 6.04 Å². The van der Waals surface area contributed by atoms with Crippen molar-refractivity contribution in [2.45, 2.75) is 37.6 Å². The van der Waals surface area contributed by atoms with Crippen LogP contribution in [0.25, 0.3) is 0 Å². The summed E-state index contributed by atoms with van der Waals surface area (Å²) in [4.78, 5) is 1.32. The quantitative estimate of drug-likeness (QED) is 0.735. The van der Waals surface area contributed by atoms with Crippen LogP contribution in [0.2, 0.25) is 0 Å². The fourth-order valence-corrected chi connectivity index (χ4v) is 1.89. The van der Waals surface area contributed by atoms with Gasteiger partial charge in [-0.3, -0.25) is 0 Å². The first-order valence-corrected chi connectivity index (χ1v) is 6.39.